The van der Waals surface area contributed by atoms with E-state index in [1.807, 2.05) is 42.5 Å². The molecule has 55 heavy (non-hydrogen) atoms. The van der Waals surface area contributed by atoms with Crippen LogP contribution in [0, 0.1) is 5.82 Å². The molecule has 6 heterocycles. The van der Waals surface area contributed by atoms with Crippen LogP contribution in [0.2, 0.25) is 0 Å². The molecule has 13 heteroatoms. The molecule has 3 aliphatic heterocycles. The minimum atomic E-state index is -0.676. The number of amides is 3. The number of aryl methyl sites for hydroxylation is 2. The second-order valence-corrected chi connectivity index (χ2v) is 15.0. The molecule has 3 aromatic heterocycles. The number of carbonyl (C=O) groups excluding carboxylic acids is 3. The monoisotopic (exact) mass is 746 g/mol. The van der Waals surface area contributed by atoms with Crippen LogP contribution in [0.4, 0.5) is 10.1 Å². The van der Waals surface area contributed by atoms with Gasteiger partial charge in [-0.15, -0.1) is 0 Å². The molecule has 286 valence electrons. The number of piperidine rings is 1. The van der Waals surface area contributed by atoms with Gasteiger partial charge >= 0.3 is 5.69 Å². The van der Waals surface area contributed by atoms with Crippen LogP contribution in [-0.4, -0.2) is 81.0 Å². The molecule has 1 unspecified atom stereocenters. The van der Waals surface area contributed by atoms with E-state index >= 15 is 4.39 Å². The van der Waals surface area contributed by atoms with Crippen LogP contribution < -0.4 is 21.2 Å². The largest absolute Gasteiger partial charge is 0.369 e. The van der Waals surface area contributed by atoms with Gasteiger partial charge in [0.25, 0.3) is 5.91 Å². The third kappa shape index (κ3) is 7.45. The highest BCUT2D eigenvalue weighted by Gasteiger charge is 2.31. The summed E-state index contributed by atoms with van der Waals surface area (Å²) in [6.07, 6.45) is 9.39. The Morgan fingerprint density at radius 2 is 1.69 bits per heavy atom. The number of carbonyl (C=O) groups is 3. The van der Waals surface area contributed by atoms with Crippen LogP contribution in [0.25, 0.3) is 33.5 Å². The zero-order chi connectivity index (χ0) is 38.1. The number of anilines is 1. The first-order chi connectivity index (χ1) is 26.7. The lowest BCUT2D eigenvalue weighted by molar-refractivity contribution is -0.135. The van der Waals surface area contributed by atoms with Gasteiger partial charge in [-0.2, -0.15) is 0 Å². The molecule has 8 rings (SSSR count). The summed E-state index contributed by atoms with van der Waals surface area (Å²) < 4.78 is 18.4. The maximum atomic E-state index is 15.2. The minimum Gasteiger partial charge on any atom is -0.369 e. The number of halogens is 1. The molecule has 2 fully saturated rings. The van der Waals surface area contributed by atoms with Crippen molar-refractivity contribution in [2.75, 3.05) is 44.2 Å². The van der Waals surface area contributed by atoms with Crippen molar-refractivity contribution < 1.29 is 18.8 Å². The first kappa shape index (κ1) is 36.4. The molecule has 3 amide bonds. The summed E-state index contributed by atoms with van der Waals surface area (Å²) in [7, 11) is 1.75. The average Bonchev–Trinajstić information content (AvgIpc) is 3.75. The van der Waals surface area contributed by atoms with Crippen LogP contribution in [0.1, 0.15) is 72.6 Å². The van der Waals surface area contributed by atoms with E-state index in [1.165, 1.54) is 6.07 Å². The highest BCUT2D eigenvalue weighted by Crippen LogP contribution is 2.31. The SMILES string of the molecule is Cn1c(=O)n(C2CCC(=O)NC2=O)c2cccc(CCCCCCCN3CCN(c4ccc(F)c(-c5cc(-c6cc7c([nH]6)CCNC7=O)ccn5)c4)CC3)c21. The van der Waals surface area contributed by atoms with Crippen LogP contribution >= 0.6 is 0 Å². The number of nitrogens with zero attached hydrogens (tertiary/aromatic N) is 5. The molecule has 3 N–H and O–H groups in total. The van der Waals surface area contributed by atoms with Crippen molar-refractivity contribution in [2.45, 2.75) is 63.8 Å². The van der Waals surface area contributed by atoms with Gasteiger partial charge in [-0.05, 0) is 80.3 Å². The van der Waals surface area contributed by atoms with E-state index < -0.39 is 11.9 Å². The highest BCUT2D eigenvalue weighted by atomic mass is 19.1. The molecule has 2 aromatic carbocycles. The summed E-state index contributed by atoms with van der Waals surface area (Å²) in [5.74, 6) is -1.10. The number of benzene rings is 2. The number of imide groups is 1. The van der Waals surface area contributed by atoms with Crippen molar-refractivity contribution in [3.05, 3.63) is 93.9 Å². The standard InChI is InChI=1S/C42H47FN8O4/c1-48-39-27(9-7-10-36(39)51(42(48)55)37-13-14-38(52)47-41(37)54)8-5-3-2-4-6-19-49-20-22-50(23-21-49)29-11-12-32(43)30(25-29)35-24-28(15-17-44-35)34-26-31-33(46-34)16-18-45-40(31)53/h7,9-12,15,17,24-26,37,46H,2-6,8,13-14,16,18-23H2,1H3,(H,45,53)(H,47,52,54). The number of rotatable bonds is 12. The number of hydrogen-bond donors (Lipinski definition) is 3. The van der Waals surface area contributed by atoms with E-state index in [-0.39, 0.29) is 29.7 Å². The highest BCUT2D eigenvalue weighted by molar-refractivity contribution is 6.00. The maximum absolute atomic E-state index is 15.2. The van der Waals surface area contributed by atoms with E-state index in [1.54, 1.807) is 22.4 Å². The van der Waals surface area contributed by atoms with Crippen molar-refractivity contribution in [1.29, 1.82) is 0 Å². The Balaban J connectivity index is 0.800. The number of fused-ring (bicyclic) bond motifs is 2. The fourth-order valence-electron chi connectivity index (χ4n) is 8.46. The summed E-state index contributed by atoms with van der Waals surface area (Å²) in [4.78, 5) is 62.5. The van der Waals surface area contributed by atoms with E-state index in [0.717, 1.165) is 117 Å². The van der Waals surface area contributed by atoms with Gasteiger partial charge in [-0.3, -0.25) is 38.7 Å². The lowest BCUT2D eigenvalue weighted by atomic mass is 10.0. The summed E-state index contributed by atoms with van der Waals surface area (Å²) in [6, 6.07) is 16.1. The van der Waals surface area contributed by atoms with Gasteiger partial charge < -0.3 is 15.2 Å². The van der Waals surface area contributed by atoms with Gasteiger partial charge in [0.2, 0.25) is 11.8 Å². The summed E-state index contributed by atoms with van der Waals surface area (Å²) in [5, 5.41) is 5.26. The van der Waals surface area contributed by atoms with Crippen molar-refractivity contribution in [1.82, 2.24) is 34.6 Å². The van der Waals surface area contributed by atoms with E-state index in [4.69, 9.17) is 0 Å². The molecular formula is C42H47FN8O4. The molecule has 0 bridgehead atoms. The number of hydrogen-bond acceptors (Lipinski definition) is 7. The van der Waals surface area contributed by atoms with Crippen LogP contribution in [0.3, 0.4) is 0 Å². The topological polar surface area (TPSA) is 137 Å². The average molecular weight is 747 g/mol. The molecule has 1 atom stereocenters. The predicted molar refractivity (Wildman–Crippen MR) is 209 cm³/mol. The summed E-state index contributed by atoms with van der Waals surface area (Å²) in [6.45, 7) is 5.31. The van der Waals surface area contributed by atoms with Crippen molar-refractivity contribution in [3.8, 4) is 22.5 Å². The summed E-state index contributed by atoms with van der Waals surface area (Å²) >= 11 is 0. The van der Waals surface area contributed by atoms with Crippen LogP contribution in [-0.2, 0) is 29.5 Å². The number of unbranched alkanes of at least 4 members (excludes halogenated alkanes) is 4. The molecule has 0 aliphatic carbocycles. The number of aromatic nitrogens is 4. The second-order valence-electron chi connectivity index (χ2n) is 15.0. The Hall–Kier alpha value is -5.56. The fraction of sp³-hybridized carbons (Fsp3) is 0.405. The van der Waals surface area contributed by atoms with Gasteiger partial charge in [0, 0.05) is 87.0 Å². The second kappa shape index (κ2) is 15.7. The first-order valence-corrected chi connectivity index (χ1v) is 19.5. The van der Waals surface area contributed by atoms with E-state index in [0.29, 0.717) is 29.8 Å². The number of para-hydroxylation sites is 1. The Labute approximate surface area is 318 Å². The van der Waals surface area contributed by atoms with Crippen molar-refractivity contribution >= 4 is 34.4 Å². The summed E-state index contributed by atoms with van der Waals surface area (Å²) in [5.41, 5.74) is 7.73. The number of piperazine rings is 1. The van der Waals surface area contributed by atoms with Crippen LogP contribution in [0.15, 0.2) is 65.6 Å². The Bertz CT molecular complexity index is 2320. The zero-order valence-corrected chi connectivity index (χ0v) is 31.2. The van der Waals surface area contributed by atoms with Gasteiger partial charge in [0.05, 0.1) is 22.3 Å². The Morgan fingerprint density at radius 3 is 2.51 bits per heavy atom. The fourth-order valence-corrected chi connectivity index (χ4v) is 8.46. The van der Waals surface area contributed by atoms with Crippen molar-refractivity contribution in [2.24, 2.45) is 7.05 Å². The number of aromatic amines is 1. The third-order valence-corrected chi connectivity index (χ3v) is 11.5. The normalized spacial score (nSPS) is 17.7. The van der Waals surface area contributed by atoms with E-state index in [2.05, 4.69) is 36.5 Å². The molecule has 0 spiro atoms. The lowest BCUT2D eigenvalue weighted by Crippen LogP contribution is -2.46. The first-order valence-electron chi connectivity index (χ1n) is 19.5. The van der Waals surface area contributed by atoms with Gasteiger partial charge in [-0.25, -0.2) is 9.18 Å². The minimum absolute atomic E-state index is 0.0754. The molecule has 0 saturated carbocycles. The number of imidazole rings is 1. The van der Waals surface area contributed by atoms with Crippen LogP contribution in [0.5, 0.6) is 0 Å². The molecule has 12 nitrogen and oxygen atoms in total. The number of pyridine rings is 1. The molecule has 2 saturated heterocycles. The van der Waals surface area contributed by atoms with Crippen molar-refractivity contribution in [3.63, 3.8) is 0 Å². The van der Waals surface area contributed by atoms with Gasteiger partial charge in [0.15, 0.2) is 0 Å². The lowest BCUT2D eigenvalue weighted by Gasteiger charge is -2.36. The van der Waals surface area contributed by atoms with Gasteiger partial charge in [0.1, 0.15) is 11.9 Å². The Kier molecular flexibility index (Phi) is 10.4. The Morgan fingerprint density at radius 1 is 0.873 bits per heavy atom. The zero-order valence-electron chi connectivity index (χ0n) is 31.2. The van der Waals surface area contributed by atoms with Gasteiger partial charge in [-0.1, -0.05) is 31.4 Å². The smallest absolute Gasteiger partial charge is 0.329 e. The number of nitrogens with one attached hydrogen (secondary N) is 3. The maximum Gasteiger partial charge on any atom is 0.329 e. The molecule has 0 radical (unpaired) electrons. The third-order valence-electron chi connectivity index (χ3n) is 11.5. The number of H-pyrrole nitrogens is 1. The van der Waals surface area contributed by atoms with E-state index in [9.17, 15) is 19.2 Å². The quantitative estimate of drug-likeness (QED) is 0.119. The predicted octanol–water partition coefficient (Wildman–Crippen LogP) is 5.12. The molecular weight excluding hydrogens is 700 g/mol. The molecule has 3 aliphatic rings. The molecule has 5 aromatic rings.